The Morgan fingerprint density at radius 3 is 2.56 bits per heavy atom. The summed E-state index contributed by atoms with van der Waals surface area (Å²) < 4.78 is 0. The second kappa shape index (κ2) is 4.72. The highest BCUT2D eigenvalue weighted by Gasteiger charge is 2.32. The van der Waals surface area contributed by atoms with Crippen LogP contribution < -0.4 is 5.73 Å². The highest BCUT2D eigenvalue weighted by Crippen LogP contribution is 2.39. The van der Waals surface area contributed by atoms with Crippen LogP contribution in [0.4, 0.5) is 0 Å². The molecular weight excluding hydrogens is 220 g/mol. The summed E-state index contributed by atoms with van der Waals surface area (Å²) in [4.78, 5) is 4.22. The second-order valence-electron chi connectivity index (χ2n) is 4.87. The highest BCUT2D eigenvalue weighted by atomic mass is 35.5. The standard InChI is InChI=1S/C13H19ClN2/c1-10-7-11(8-12(14)16-10)13(9-15)5-3-2-4-6-13/h7-8H,2-6,9,15H2,1H3. The van der Waals surface area contributed by atoms with Gasteiger partial charge in [-0.3, -0.25) is 0 Å². The fraction of sp³-hybridized carbons (Fsp3) is 0.615. The van der Waals surface area contributed by atoms with Gasteiger partial charge in [-0.1, -0.05) is 30.9 Å². The van der Waals surface area contributed by atoms with E-state index < -0.39 is 0 Å². The van der Waals surface area contributed by atoms with Crippen LogP contribution in [-0.4, -0.2) is 11.5 Å². The van der Waals surface area contributed by atoms with Crippen molar-refractivity contribution in [3.8, 4) is 0 Å². The largest absolute Gasteiger partial charge is 0.330 e. The minimum Gasteiger partial charge on any atom is -0.330 e. The normalized spacial score (nSPS) is 19.7. The Labute approximate surface area is 102 Å². The lowest BCUT2D eigenvalue weighted by Gasteiger charge is -2.37. The van der Waals surface area contributed by atoms with E-state index in [1.54, 1.807) is 0 Å². The molecule has 3 heteroatoms. The SMILES string of the molecule is Cc1cc(C2(CN)CCCCC2)cc(Cl)n1. The molecule has 1 heterocycles. The zero-order valence-electron chi connectivity index (χ0n) is 9.80. The Bertz CT molecular complexity index is 350. The summed E-state index contributed by atoms with van der Waals surface area (Å²) in [6.07, 6.45) is 6.25. The number of nitrogens with two attached hydrogens (primary N) is 1. The molecule has 88 valence electrons. The lowest BCUT2D eigenvalue weighted by Crippen LogP contribution is -2.37. The summed E-state index contributed by atoms with van der Waals surface area (Å²) in [5.74, 6) is 0. The molecule has 1 aliphatic carbocycles. The van der Waals surface area contributed by atoms with E-state index in [1.165, 1.54) is 37.7 Å². The van der Waals surface area contributed by atoms with Gasteiger partial charge in [-0.15, -0.1) is 0 Å². The maximum absolute atomic E-state index is 6.04. The summed E-state index contributed by atoms with van der Waals surface area (Å²) in [6, 6.07) is 4.14. The monoisotopic (exact) mass is 238 g/mol. The van der Waals surface area contributed by atoms with Crippen LogP contribution in [0.5, 0.6) is 0 Å². The third kappa shape index (κ3) is 2.23. The van der Waals surface area contributed by atoms with E-state index in [-0.39, 0.29) is 5.41 Å². The van der Waals surface area contributed by atoms with Crippen molar-refractivity contribution in [3.63, 3.8) is 0 Å². The summed E-state index contributed by atoms with van der Waals surface area (Å²) in [7, 11) is 0. The summed E-state index contributed by atoms with van der Waals surface area (Å²) in [5, 5.41) is 0.591. The molecule has 0 unspecified atom stereocenters. The number of nitrogens with zero attached hydrogens (tertiary/aromatic N) is 1. The van der Waals surface area contributed by atoms with Crippen molar-refractivity contribution in [1.29, 1.82) is 0 Å². The molecule has 0 spiro atoms. The molecule has 0 bridgehead atoms. The van der Waals surface area contributed by atoms with Crippen molar-refractivity contribution in [3.05, 3.63) is 28.5 Å². The van der Waals surface area contributed by atoms with Gasteiger partial charge in [0.1, 0.15) is 5.15 Å². The number of aromatic nitrogens is 1. The summed E-state index contributed by atoms with van der Waals surface area (Å²) >= 11 is 6.04. The molecule has 16 heavy (non-hydrogen) atoms. The zero-order valence-corrected chi connectivity index (χ0v) is 10.6. The third-order valence-electron chi connectivity index (χ3n) is 3.74. The van der Waals surface area contributed by atoms with Crippen molar-refractivity contribution in [2.75, 3.05) is 6.54 Å². The van der Waals surface area contributed by atoms with Gasteiger partial charge in [0, 0.05) is 17.7 Å². The summed E-state index contributed by atoms with van der Waals surface area (Å²) in [6.45, 7) is 2.70. The lowest BCUT2D eigenvalue weighted by molar-refractivity contribution is 0.300. The Kier molecular flexibility index (Phi) is 3.50. The minimum absolute atomic E-state index is 0.148. The van der Waals surface area contributed by atoms with E-state index in [9.17, 15) is 0 Å². The van der Waals surface area contributed by atoms with Gasteiger partial charge in [0.05, 0.1) is 0 Å². The summed E-state index contributed by atoms with van der Waals surface area (Å²) in [5.41, 5.74) is 8.43. The van der Waals surface area contributed by atoms with Crippen LogP contribution in [0, 0.1) is 6.92 Å². The van der Waals surface area contributed by atoms with E-state index in [0.29, 0.717) is 11.7 Å². The average Bonchev–Trinajstić information content (AvgIpc) is 2.28. The van der Waals surface area contributed by atoms with Gasteiger partial charge in [0.25, 0.3) is 0 Å². The van der Waals surface area contributed by atoms with Crippen LogP contribution in [0.2, 0.25) is 5.15 Å². The fourth-order valence-electron chi connectivity index (χ4n) is 2.77. The van der Waals surface area contributed by atoms with Gasteiger partial charge in [-0.25, -0.2) is 4.98 Å². The molecule has 0 aromatic carbocycles. The molecule has 0 radical (unpaired) electrons. The molecule has 0 atom stereocenters. The molecular formula is C13H19ClN2. The minimum atomic E-state index is 0.148. The zero-order chi connectivity index (χ0) is 11.6. The number of aryl methyl sites for hydroxylation is 1. The van der Waals surface area contributed by atoms with Crippen molar-refractivity contribution < 1.29 is 0 Å². The van der Waals surface area contributed by atoms with Crippen molar-refractivity contribution in [2.45, 2.75) is 44.4 Å². The van der Waals surface area contributed by atoms with E-state index in [1.807, 2.05) is 13.0 Å². The van der Waals surface area contributed by atoms with Gasteiger partial charge in [-0.05, 0) is 37.5 Å². The molecule has 2 rings (SSSR count). The number of pyridine rings is 1. The predicted octanol–water partition coefficient (Wildman–Crippen LogP) is 3.20. The first-order valence-electron chi connectivity index (χ1n) is 6.01. The molecule has 1 saturated carbocycles. The average molecular weight is 239 g/mol. The predicted molar refractivity (Wildman–Crippen MR) is 67.8 cm³/mol. The molecule has 0 saturated heterocycles. The van der Waals surface area contributed by atoms with Gasteiger partial charge < -0.3 is 5.73 Å². The van der Waals surface area contributed by atoms with E-state index >= 15 is 0 Å². The van der Waals surface area contributed by atoms with Crippen LogP contribution >= 0.6 is 11.6 Å². The highest BCUT2D eigenvalue weighted by molar-refractivity contribution is 6.29. The molecule has 2 nitrogen and oxygen atoms in total. The topological polar surface area (TPSA) is 38.9 Å². The van der Waals surface area contributed by atoms with Crippen LogP contribution in [0.3, 0.4) is 0 Å². The number of halogens is 1. The first-order chi connectivity index (χ1) is 7.66. The maximum atomic E-state index is 6.04. The molecule has 1 aliphatic rings. The lowest BCUT2D eigenvalue weighted by atomic mass is 9.69. The van der Waals surface area contributed by atoms with Crippen LogP contribution in [0.25, 0.3) is 0 Å². The Morgan fingerprint density at radius 2 is 2.00 bits per heavy atom. The third-order valence-corrected chi connectivity index (χ3v) is 3.93. The maximum Gasteiger partial charge on any atom is 0.129 e. The van der Waals surface area contributed by atoms with Crippen LogP contribution in [0.15, 0.2) is 12.1 Å². The second-order valence-corrected chi connectivity index (χ2v) is 5.25. The van der Waals surface area contributed by atoms with E-state index in [2.05, 4.69) is 11.1 Å². The molecule has 0 amide bonds. The first kappa shape index (κ1) is 11.9. The van der Waals surface area contributed by atoms with Gasteiger partial charge in [-0.2, -0.15) is 0 Å². The van der Waals surface area contributed by atoms with Gasteiger partial charge in [0.2, 0.25) is 0 Å². The van der Waals surface area contributed by atoms with E-state index in [4.69, 9.17) is 17.3 Å². The van der Waals surface area contributed by atoms with Gasteiger partial charge in [0.15, 0.2) is 0 Å². The number of hydrogen-bond acceptors (Lipinski definition) is 2. The molecule has 1 fully saturated rings. The number of rotatable bonds is 2. The Morgan fingerprint density at radius 1 is 1.31 bits per heavy atom. The van der Waals surface area contributed by atoms with Gasteiger partial charge >= 0.3 is 0 Å². The quantitative estimate of drug-likeness (QED) is 0.804. The Balaban J connectivity index is 2.38. The van der Waals surface area contributed by atoms with Crippen LogP contribution in [0.1, 0.15) is 43.4 Å². The Hall–Kier alpha value is -0.600. The number of hydrogen-bond donors (Lipinski definition) is 1. The van der Waals surface area contributed by atoms with E-state index in [0.717, 1.165) is 5.69 Å². The first-order valence-corrected chi connectivity index (χ1v) is 6.39. The molecule has 0 aliphatic heterocycles. The fourth-order valence-corrected chi connectivity index (χ4v) is 3.02. The van der Waals surface area contributed by atoms with Crippen molar-refractivity contribution in [2.24, 2.45) is 5.73 Å². The van der Waals surface area contributed by atoms with Crippen molar-refractivity contribution >= 4 is 11.6 Å². The molecule has 1 aromatic heterocycles. The smallest absolute Gasteiger partial charge is 0.129 e. The van der Waals surface area contributed by atoms with Crippen LogP contribution in [-0.2, 0) is 5.41 Å². The van der Waals surface area contributed by atoms with Crippen molar-refractivity contribution in [1.82, 2.24) is 4.98 Å². The molecule has 1 aromatic rings. The molecule has 2 N–H and O–H groups in total.